The van der Waals surface area contributed by atoms with E-state index in [2.05, 4.69) is 31.3 Å². The predicted octanol–water partition coefficient (Wildman–Crippen LogP) is 2.60. The van der Waals surface area contributed by atoms with Crippen molar-refractivity contribution in [3.05, 3.63) is 71.1 Å². The van der Waals surface area contributed by atoms with Gasteiger partial charge >= 0.3 is 0 Å². The van der Waals surface area contributed by atoms with Crippen LogP contribution in [0.5, 0.6) is 0 Å². The SMILES string of the molecule is Cc1cc(C(=O)NNC(=S)Nc2cnn(Cc3ccccc3F)c2)c2c(C)nn(C)c2n1. The van der Waals surface area contributed by atoms with Crippen molar-refractivity contribution >= 4 is 40.0 Å². The van der Waals surface area contributed by atoms with Gasteiger partial charge in [0.25, 0.3) is 5.91 Å². The van der Waals surface area contributed by atoms with Gasteiger partial charge in [0.2, 0.25) is 0 Å². The van der Waals surface area contributed by atoms with E-state index in [1.54, 1.807) is 53.1 Å². The number of hydrazine groups is 1. The van der Waals surface area contributed by atoms with Gasteiger partial charge in [-0.25, -0.2) is 9.37 Å². The molecule has 4 rings (SSSR count). The topological polar surface area (TPSA) is 102 Å². The number of fused-ring (bicyclic) bond motifs is 1. The van der Waals surface area contributed by atoms with E-state index in [9.17, 15) is 9.18 Å². The number of pyridine rings is 1. The second kappa shape index (κ2) is 8.71. The lowest BCUT2D eigenvalue weighted by Crippen LogP contribution is -2.43. The maximum atomic E-state index is 13.8. The molecule has 9 nitrogen and oxygen atoms in total. The molecule has 11 heteroatoms. The van der Waals surface area contributed by atoms with Crippen molar-refractivity contribution in [2.75, 3.05) is 5.32 Å². The van der Waals surface area contributed by atoms with Crippen LogP contribution in [0.25, 0.3) is 11.0 Å². The summed E-state index contributed by atoms with van der Waals surface area (Å²) in [6, 6.07) is 8.23. The van der Waals surface area contributed by atoms with Gasteiger partial charge in [-0.15, -0.1) is 0 Å². The Kier molecular flexibility index (Phi) is 5.82. The van der Waals surface area contributed by atoms with Gasteiger partial charge in [-0.1, -0.05) is 18.2 Å². The molecule has 0 fully saturated rings. The molecular weight excluding hydrogens is 431 g/mol. The van der Waals surface area contributed by atoms with Crippen LogP contribution < -0.4 is 16.2 Å². The van der Waals surface area contributed by atoms with Crippen molar-refractivity contribution in [3.63, 3.8) is 0 Å². The number of aryl methyl sites for hydroxylation is 3. The number of aromatic nitrogens is 5. The Bertz CT molecular complexity index is 1330. The van der Waals surface area contributed by atoms with Crippen molar-refractivity contribution in [2.24, 2.45) is 7.05 Å². The van der Waals surface area contributed by atoms with Gasteiger partial charge in [0.1, 0.15) is 5.82 Å². The van der Waals surface area contributed by atoms with Crippen LogP contribution in [0.15, 0.2) is 42.7 Å². The molecule has 0 aliphatic carbocycles. The molecule has 0 spiro atoms. The number of anilines is 1. The molecule has 0 unspecified atom stereocenters. The maximum absolute atomic E-state index is 13.8. The van der Waals surface area contributed by atoms with Gasteiger partial charge in [0, 0.05) is 24.5 Å². The molecule has 32 heavy (non-hydrogen) atoms. The van der Waals surface area contributed by atoms with E-state index in [-0.39, 0.29) is 23.4 Å². The van der Waals surface area contributed by atoms with E-state index in [0.29, 0.717) is 39.2 Å². The number of carbonyl (C=O) groups excluding carboxylic acids is 1. The fourth-order valence-corrected chi connectivity index (χ4v) is 3.58. The molecule has 3 N–H and O–H groups in total. The van der Waals surface area contributed by atoms with Crippen LogP contribution in [-0.2, 0) is 13.6 Å². The third-order valence-corrected chi connectivity index (χ3v) is 5.02. The number of nitrogens with one attached hydrogen (secondary N) is 3. The van der Waals surface area contributed by atoms with Crippen molar-refractivity contribution < 1.29 is 9.18 Å². The number of nitrogens with zero attached hydrogens (tertiary/aromatic N) is 5. The fourth-order valence-electron chi connectivity index (χ4n) is 3.41. The van der Waals surface area contributed by atoms with Gasteiger partial charge in [0.05, 0.1) is 35.1 Å². The number of hydrogen-bond acceptors (Lipinski definition) is 5. The Labute approximate surface area is 188 Å². The minimum Gasteiger partial charge on any atom is -0.329 e. The Morgan fingerprint density at radius 2 is 2.00 bits per heavy atom. The highest BCUT2D eigenvalue weighted by atomic mass is 32.1. The summed E-state index contributed by atoms with van der Waals surface area (Å²) in [5, 5.41) is 12.3. The van der Waals surface area contributed by atoms with Crippen LogP contribution in [0.3, 0.4) is 0 Å². The first-order valence-corrected chi connectivity index (χ1v) is 10.2. The first-order chi connectivity index (χ1) is 15.3. The molecule has 3 aromatic heterocycles. The lowest BCUT2D eigenvalue weighted by molar-refractivity contribution is 0.0945. The fraction of sp³-hybridized carbons (Fsp3) is 0.190. The van der Waals surface area contributed by atoms with Gasteiger partial charge in [-0.2, -0.15) is 10.2 Å². The predicted molar refractivity (Wildman–Crippen MR) is 123 cm³/mol. The standard InChI is InChI=1S/C21H21FN8OS/c1-12-8-16(18-13(2)28-29(3)19(18)24-12)20(31)26-27-21(32)25-15-9-23-30(11-15)10-14-6-4-5-7-17(14)22/h4-9,11H,10H2,1-3H3,(H,26,31)(H2,25,27,32). The minimum absolute atomic E-state index is 0.175. The monoisotopic (exact) mass is 452 g/mol. The molecule has 0 aliphatic heterocycles. The third kappa shape index (κ3) is 4.42. The number of halogens is 1. The molecule has 164 valence electrons. The Morgan fingerprint density at radius 3 is 2.78 bits per heavy atom. The summed E-state index contributed by atoms with van der Waals surface area (Å²) < 4.78 is 17.1. The second-order valence-electron chi connectivity index (χ2n) is 7.27. The largest absolute Gasteiger partial charge is 0.329 e. The quantitative estimate of drug-likeness (QED) is 0.323. The van der Waals surface area contributed by atoms with Gasteiger partial charge in [0.15, 0.2) is 10.8 Å². The summed E-state index contributed by atoms with van der Waals surface area (Å²) >= 11 is 5.25. The summed E-state index contributed by atoms with van der Waals surface area (Å²) in [5.41, 5.74) is 8.90. The number of carbonyl (C=O) groups is 1. The smallest absolute Gasteiger partial charge is 0.270 e. The lowest BCUT2D eigenvalue weighted by atomic mass is 10.1. The third-order valence-electron chi connectivity index (χ3n) is 4.81. The van der Waals surface area contributed by atoms with Gasteiger partial charge in [-0.05, 0) is 38.2 Å². The molecule has 4 aromatic rings. The number of thiocarbonyl (C=S) groups is 1. The number of rotatable bonds is 4. The normalized spacial score (nSPS) is 10.9. The molecule has 0 saturated carbocycles. The molecule has 0 atom stereocenters. The molecule has 1 amide bonds. The summed E-state index contributed by atoms with van der Waals surface area (Å²) in [7, 11) is 1.78. The first-order valence-electron chi connectivity index (χ1n) is 9.76. The summed E-state index contributed by atoms with van der Waals surface area (Å²) in [6.45, 7) is 3.93. The number of hydrogen-bond donors (Lipinski definition) is 3. The van der Waals surface area contributed by atoms with Crippen LogP contribution in [-0.4, -0.2) is 35.6 Å². The highest BCUT2D eigenvalue weighted by molar-refractivity contribution is 7.80. The molecule has 0 radical (unpaired) electrons. The van der Waals surface area contributed by atoms with E-state index in [1.807, 2.05) is 13.8 Å². The number of amides is 1. The summed E-state index contributed by atoms with van der Waals surface area (Å²) in [4.78, 5) is 17.2. The van der Waals surface area contributed by atoms with Crippen molar-refractivity contribution in [2.45, 2.75) is 20.4 Å². The highest BCUT2D eigenvalue weighted by Crippen LogP contribution is 2.21. The van der Waals surface area contributed by atoms with Crippen molar-refractivity contribution in [1.29, 1.82) is 0 Å². The zero-order valence-corrected chi connectivity index (χ0v) is 18.5. The van der Waals surface area contributed by atoms with E-state index in [1.165, 1.54) is 6.07 Å². The zero-order valence-electron chi connectivity index (χ0n) is 17.7. The molecule has 0 bridgehead atoms. The van der Waals surface area contributed by atoms with E-state index >= 15 is 0 Å². The zero-order chi connectivity index (χ0) is 22.8. The molecule has 0 aliphatic rings. The summed E-state index contributed by atoms with van der Waals surface area (Å²) in [5.74, 6) is -0.655. The van der Waals surface area contributed by atoms with Crippen LogP contribution in [0, 0.1) is 19.7 Å². The van der Waals surface area contributed by atoms with E-state index in [0.717, 1.165) is 0 Å². The van der Waals surface area contributed by atoms with E-state index in [4.69, 9.17) is 12.2 Å². The Morgan fingerprint density at radius 1 is 1.22 bits per heavy atom. The lowest BCUT2D eigenvalue weighted by Gasteiger charge is -2.11. The van der Waals surface area contributed by atoms with Crippen LogP contribution in [0.1, 0.15) is 27.3 Å². The van der Waals surface area contributed by atoms with Crippen molar-refractivity contribution in [1.82, 2.24) is 35.4 Å². The van der Waals surface area contributed by atoms with Crippen LogP contribution >= 0.6 is 12.2 Å². The van der Waals surface area contributed by atoms with Gasteiger partial charge < -0.3 is 5.32 Å². The van der Waals surface area contributed by atoms with Gasteiger partial charge in [-0.3, -0.25) is 25.0 Å². The second-order valence-corrected chi connectivity index (χ2v) is 7.68. The molecule has 1 aromatic carbocycles. The van der Waals surface area contributed by atoms with Crippen LogP contribution in [0.4, 0.5) is 10.1 Å². The average molecular weight is 453 g/mol. The van der Waals surface area contributed by atoms with Crippen LogP contribution in [0.2, 0.25) is 0 Å². The van der Waals surface area contributed by atoms with E-state index < -0.39 is 0 Å². The van der Waals surface area contributed by atoms with Crippen molar-refractivity contribution in [3.8, 4) is 0 Å². The molecular formula is C21H21FN8OS. The molecule has 3 heterocycles. The highest BCUT2D eigenvalue weighted by Gasteiger charge is 2.18. The Hall–Kier alpha value is -3.86. The Balaban J connectivity index is 1.39. The number of benzene rings is 1. The molecule has 0 saturated heterocycles. The summed E-state index contributed by atoms with van der Waals surface area (Å²) in [6.07, 6.45) is 3.25. The first kappa shape index (κ1) is 21.4. The minimum atomic E-state index is -0.365. The maximum Gasteiger partial charge on any atom is 0.270 e. The average Bonchev–Trinajstić information content (AvgIpc) is 3.30.